The summed E-state index contributed by atoms with van der Waals surface area (Å²) in [6.45, 7) is 5.41. The van der Waals surface area contributed by atoms with Crippen LogP contribution in [-0.2, 0) is 20.7 Å². The summed E-state index contributed by atoms with van der Waals surface area (Å²) in [6, 6.07) is 6.54. The summed E-state index contributed by atoms with van der Waals surface area (Å²) in [5, 5.41) is 11.8. The Kier molecular flexibility index (Phi) is 6.22. The van der Waals surface area contributed by atoms with Gasteiger partial charge in [0, 0.05) is 6.54 Å². The first-order valence-corrected chi connectivity index (χ1v) is 7.04. The highest BCUT2D eigenvalue weighted by atomic mass is 16.6. The van der Waals surface area contributed by atoms with Gasteiger partial charge in [-0.05, 0) is 44.9 Å². The largest absolute Gasteiger partial charge is 0.508 e. The van der Waals surface area contributed by atoms with Crippen LogP contribution in [0.4, 0.5) is 4.79 Å². The van der Waals surface area contributed by atoms with E-state index in [1.165, 1.54) is 7.11 Å². The lowest BCUT2D eigenvalue weighted by Gasteiger charge is -2.21. The molecule has 0 aliphatic rings. The Labute approximate surface area is 130 Å². The molecule has 0 fully saturated rings. The Bertz CT molecular complexity index is 504. The van der Waals surface area contributed by atoms with E-state index in [9.17, 15) is 14.7 Å². The number of methoxy groups -OCH3 is 1. The Morgan fingerprint density at radius 2 is 1.82 bits per heavy atom. The number of carbonyl (C=O) groups is 2. The van der Waals surface area contributed by atoms with E-state index < -0.39 is 23.6 Å². The number of phenolic OH excluding ortho intramolecular Hbond substituents is 1. The molecule has 22 heavy (non-hydrogen) atoms. The number of nitrogens with one attached hydrogen (secondary N) is 1. The molecule has 122 valence electrons. The number of aromatic hydroxyl groups is 1. The SMILES string of the molecule is COC(=O)C(CNC(=O)OC(C)(C)C)Cc1ccc(O)cc1. The molecule has 0 spiro atoms. The van der Waals surface area contributed by atoms with E-state index in [0.717, 1.165) is 5.56 Å². The van der Waals surface area contributed by atoms with E-state index in [1.807, 2.05) is 0 Å². The molecule has 0 saturated heterocycles. The fourth-order valence-electron chi connectivity index (χ4n) is 1.84. The zero-order chi connectivity index (χ0) is 16.8. The molecule has 1 rings (SSSR count). The van der Waals surface area contributed by atoms with Gasteiger partial charge in [-0.2, -0.15) is 0 Å². The summed E-state index contributed by atoms with van der Waals surface area (Å²) < 4.78 is 9.89. The predicted octanol–water partition coefficient (Wildman–Crippen LogP) is 2.25. The molecule has 0 aliphatic carbocycles. The fourth-order valence-corrected chi connectivity index (χ4v) is 1.84. The lowest BCUT2D eigenvalue weighted by atomic mass is 9.99. The number of hydrogen-bond donors (Lipinski definition) is 2. The number of phenols is 1. The first-order chi connectivity index (χ1) is 10.2. The Morgan fingerprint density at radius 1 is 1.23 bits per heavy atom. The topological polar surface area (TPSA) is 84.9 Å². The predicted molar refractivity (Wildman–Crippen MR) is 81.6 cm³/mol. The van der Waals surface area contributed by atoms with Crippen LogP contribution in [0.15, 0.2) is 24.3 Å². The summed E-state index contributed by atoms with van der Waals surface area (Å²) in [5.41, 5.74) is 0.265. The van der Waals surface area contributed by atoms with Gasteiger partial charge < -0.3 is 19.9 Å². The number of hydrogen-bond acceptors (Lipinski definition) is 5. The molecule has 0 radical (unpaired) electrons. The smallest absolute Gasteiger partial charge is 0.407 e. The average Bonchev–Trinajstić information content (AvgIpc) is 2.42. The van der Waals surface area contributed by atoms with Crippen molar-refractivity contribution in [2.24, 2.45) is 5.92 Å². The molecule has 0 aromatic heterocycles. The molecule has 1 unspecified atom stereocenters. The fraction of sp³-hybridized carbons (Fsp3) is 0.500. The molecule has 0 aliphatic heterocycles. The van der Waals surface area contributed by atoms with Crippen LogP contribution in [0.25, 0.3) is 0 Å². The number of carbonyl (C=O) groups excluding carboxylic acids is 2. The summed E-state index contributed by atoms with van der Waals surface area (Å²) in [7, 11) is 1.31. The standard InChI is InChI=1S/C16H23NO5/c1-16(2,3)22-15(20)17-10-12(14(19)21-4)9-11-5-7-13(18)8-6-11/h5-8,12,18H,9-10H2,1-4H3,(H,17,20). The third-order valence-corrected chi connectivity index (χ3v) is 2.84. The van der Waals surface area contributed by atoms with Crippen molar-refractivity contribution in [1.29, 1.82) is 0 Å². The lowest BCUT2D eigenvalue weighted by Crippen LogP contribution is -2.38. The summed E-state index contributed by atoms with van der Waals surface area (Å²) >= 11 is 0. The van der Waals surface area contributed by atoms with Gasteiger partial charge in [-0.25, -0.2) is 4.79 Å². The Balaban J connectivity index is 2.63. The van der Waals surface area contributed by atoms with E-state index in [1.54, 1.807) is 45.0 Å². The Hall–Kier alpha value is -2.24. The number of alkyl carbamates (subject to hydrolysis) is 1. The maximum Gasteiger partial charge on any atom is 0.407 e. The van der Waals surface area contributed by atoms with Crippen LogP contribution in [-0.4, -0.2) is 36.4 Å². The van der Waals surface area contributed by atoms with E-state index in [0.29, 0.717) is 6.42 Å². The maximum absolute atomic E-state index is 11.8. The van der Waals surface area contributed by atoms with Crippen LogP contribution >= 0.6 is 0 Å². The Morgan fingerprint density at radius 3 is 2.32 bits per heavy atom. The van der Waals surface area contributed by atoms with Gasteiger partial charge in [0.1, 0.15) is 11.4 Å². The van der Waals surface area contributed by atoms with Gasteiger partial charge in [0.05, 0.1) is 13.0 Å². The first kappa shape index (κ1) is 17.8. The molecule has 1 atom stereocenters. The molecule has 1 amide bonds. The minimum Gasteiger partial charge on any atom is -0.508 e. The van der Waals surface area contributed by atoms with Crippen LogP contribution in [0.1, 0.15) is 26.3 Å². The maximum atomic E-state index is 11.8. The molecule has 1 aromatic carbocycles. The minimum atomic E-state index is -0.595. The summed E-state index contributed by atoms with van der Waals surface area (Å²) in [6.07, 6.45) is -0.185. The minimum absolute atomic E-state index is 0.114. The van der Waals surface area contributed by atoms with E-state index in [2.05, 4.69) is 5.32 Å². The van der Waals surface area contributed by atoms with Gasteiger partial charge >= 0.3 is 12.1 Å². The van der Waals surface area contributed by atoms with Crippen LogP contribution < -0.4 is 5.32 Å². The van der Waals surface area contributed by atoms with Crippen molar-refractivity contribution in [3.63, 3.8) is 0 Å². The number of rotatable bonds is 5. The van der Waals surface area contributed by atoms with E-state index >= 15 is 0 Å². The monoisotopic (exact) mass is 309 g/mol. The molecule has 6 heteroatoms. The van der Waals surface area contributed by atoms with Gasteiger partial charge in [-0.3, -0.25) is 4.79 Å². The zero-order valence-corrected chi connectivity index (χ0v) is 13.4. The van der Waals surface area contributed by atoms with E-state index in [-0.39, 0.29) is 12.3 Å². The van der Waals surface area contributed by atoms with Crippen molar-refractivity contribution >= 4 is 12.1 Å². The molecule has 6 nitrogen and oxygen atoms in total. The average molecular weight is 309 g/mol. The summed E-state index contributed by atoms with van der Waals surface area (Å²) in [5.74, 6) is -0.781. The molecule has 0 bridgehead atoms. The van der Waals surface area contributed by atoms with Crippen molar-refractivity contribution in [2.45, 2.75) is 32.8 Å². The quantitative estimate of drug-likeness (QED) is 0.815. The van der Waals surface area contributed by atoms with Gasteiger partial charge in [0.2, 0.25) is 0 Å². The normalized spacial score (nSPS) is 12.4. The highest BCUT2D eigenvalue weighted by Crippen LogP contribution is 2.15. The van der Waals surface area contributed by atoms with Crippen molar-refractivity contribution < 1.29 is 24.2 Å². The first-order valence-electron chi connectivity index (χ1n) is 7.04. The molecular weight excluding hydrogens is 286 g/mol. The lowest BCUT2D eigenvalue weighted by molar-refractivity contribution is -0.145. The number of benzene rings is 1. The third kappa shape index (κ3) is 6.47. The van der Waals surface area contributed by atoms with Crippen molar-refractivity contribution in [2.75, 3.05) is 13.7 Å². The second-order valence-electron chi connectivity index (χ2n) is 5.97. The zero-order valence-electron chi connectivity index (χ0n) is 13.4. The van der Waals surface area contributed by atoms with Crippen LogP contribution in [0.5, 0.6) is 5.75 Å². The molecule has 2 N–H and O–H groups in total. The van der Waals surface area contributed by atoms with Crippen LogP contribution in [0, 0.1) is 5.92 Å². The van der Waals surface area contributed by atoms with Gasteiger partial charge in [-0.15, -0.1) is 0 Å². The molecule has 1 aromatic rings. The van der Waals surface area contributed by atoms with Crippen molar-refractivity contribution in [3.8, 4) is 5.75 Å². The van der Waals surface area contributed by atoms with Crippen molar-refractivity contribution in [1.82, 2.24) is 5.32 Å². The number of esters is 1. The van der Waals surface area contributed by atoms with E-state index in [4.69, 9.17) is 9.47 Å². The van der Waals surface area contributed by atoms with Gasteiger partial charge in [-0.1, -0.05) is 12.1 Å². The highest BCUT2D eigenvalue weighted by molar-refractivity contribution is 5.74. The summed E-state index contributed by atoms with van der Waals surface area (Å²) in [4.78, 5) is 23.5. The molecule has 0 saturated carbocycles. The second-order valence-corrected chi connectivity index (χ2v) is 5.97. The second kappa shape index (κ2) is 7.68. The molecular formula is C16H23NO5. The van der Waals surface area contributed by atoms with Gasteiger partial charge in [0.15, 0.2) is 0 Å². The molecule has 0 heterocycles. The third-order valence-electron chi connectivity index (χ3n) is 2.84. The van der Waals surface area contributed by atoms with Crippen LogP contribution in [0.2, 0.25) is 0 Å². The van der Waals surface area contributed by atoms with Crippen LogP contribution in [0.3, 0.4) is 0 Å². The number of amides is 1. The van der Waals surface area contributed by atoms with Gasteiger partial charge in [0.25, 0.3) is 0 Å². The highest BCUT2D eigenvalue weighted by Gasteiger charge is 2.22. The van der Waals surface area contributed by atoms with Crippen molar-refractivity contribution in [3.05, 3.63) is 29.8 Å². The number of ether oxygens (including phenoxy) is 2.